The number of fused-ring (bicyclic) bond motifs is 1. The van der Waals surface area contributed by atoms with Crippen molar-refractivity contribution in [3.8, 4) is 11.5 Å². The Bertz CT molecular complexity index is 586. The number of amides is 1. The fourth-order valence-corrected chi connectivity index (χ4v) is 2.96. The first-order chi connectivity index (χ1) is 10.6. The first kappa shape index (κ1) is 14.7. The Kier molecular flexibility index (Phi) is 4.18. The Morgan fingerprint density at radius 1 is 1.23 bits per heavy atom. The van der Waals surface area contributed by atoms with Gasteiger partial charge in [-0.2, -0.15) is 0 Å². The summed E-state index contributed by atoms with van der Waals surface area (Å²) < 4.78 is 11.0. The molecule has 6 nitrogen and oxygen atoms in total. The van der Waals surface area contributed by atoms with Gasteiger partial charge < -0.3 is 19.5 Å². The highest BCUT2D eigenvalue weighted by Crippen LogP contribution is 2.31. The van der Waals surface area contributed by atoms with E-state index < -0.39 is 12.0 Å². The normalized spacial score (nSPS) is 20.0. The molecule has 1 N–H and O–H groups in total. The highest BCUT2D eigenvalue weighted by atomic mass is 16.6. The number of aliphatic carboxylic acids is 1. The summed E-state index contributed by atoms with van der Waals surface area (Å²) in [4.78, 5) is 24.8. The Morgan fingerprint density at radius 2 is 2.00 bits per heavy atom. The van der Waals surface area contributed by atoms with E-state index in [1.165, 1.54) is 4.90 Å². The number of carbonyl (C=O) groups is 2. The summed E-state index contributed by atoms with van der Waals surface area (Å²) in [5, 5.41) is 9.13. The van der Waals surface area contributed by atoms with Crippen molar-refractivity contribution in [1.29, 1.82) is 0 Å². The molecule has 0 saturated carbocycles. The number of rotatable bonds is 4. The van der Waals surface area contributed by atoms with E-state index in [-0.39, 0.29) is 5.91 Å². The van der Waals surface area contributed by atoms with Crippen molar-refractivity contribution < 1.29 is 24.2 Å². The van der Waals surface area contributed by atoms with Crippen molar-refractivity contribution in [2.75, 3.05) is 19.8 Å². The summed E-state index contributed by atoms with van der Waals surface area (Å²) >= 11 is 0. The number of aryl methyl sites for hydroxylation is 1. The van der Waals surface area contributed by atoms with Crippen LogP contribution in [0.15, 0.2) is 18.2 Å². The third kappa shape index (κ3) is 3.00. The number of carbonyl (C=O) groups excluding carboxylic acids is 1. The SMILES string of the molecule is O=C(O)[C@H]1CCCN1C(=O)CCc1ccc2c(c1)OCCO2. The topological polar surface area (TPSA) is 76.1 Å². The predicted octanol–water partition coefficient (Wildman–Crippen LogP) is 1.47. The lowest BCUT2D eigenvalue weighted by Gasteiger charge is -2.22. The molecule has 1 saturated heterocycles. The van der Waals surface area contributed by atoms with Gasteiger partial charge in [-0.3, -0.25) is 4.79 Å². The van der Waals surface area contributed by atoms with Crippen molar-refractivity contribution in [2.45, 2.75) is 31.7 Å². The van der Waals surface area contributed by atoms with Crippen molar-refractivity contribution >= 4 is 11.9 Å². The van der Waals surface area contributed by atoms with Gasteiger partial charge in [-0.1, -0.05) is 6.07 Å². The highest BCUT2D eigenvalue weighted by molar-refractivity contribution is 5.84. The number of hydrogen-bond donors (Lipinski definition) is 1. The van der Waals surface area contributed by atoms with E-state index in [0.717, 1.165) is 17.7 Å². The summed E-state index contributed by atoms with van der Waals surface area (Å²) in [5.41, 5.74) is 0.990. The summed E-state index contributed by atoms with van der Waals surface area (Å²) in [6.07, 6.45) is 2.18. The Hall–Kier alpha value is -2.24. The van der Waals surface area contributed by atoms with Gasteiger partial charge in [0.05, 0.1) is 0 Å². The Balaban J connectivity index is 1.60. The maximum atomic E-state index is 12.2. The van der Waals surface area contributed by atoms with Gasteiger partial charge >= 0.3 is 5.97 Å². The summed E-state index contributed by atoms with van der Waals surface area (Å²) in [7, 11) is 0. The molecule has 2 aliphatic rings. The van der Waals surface area contributed by atoms with Gasteiger partial charge in [0.25, 0.3) is 0 Å². The maximum Gasteiger partial charge on any atom is 0.326 e. The zero-order valence-corrected chi connectivity index (χ0v) is 12.3. The Morgan fingerprint density at radius 3 is 2.77 bits per heavy atom. The van der Waals surface area contributed by atoms with Crippen molar-refractivity contribution in [2.24, 2.45) is 0 Å². The van der Waals surface area contributed by atoms with Crippen LogP contribution in [-0.4, -0.2) is 47.7 Å². The fourth-order valence-electron chi connectivity index (χ4n) is 2.96. The van der Waals surface area contributed by atoms with Gasteiger partial charge in [-0.05, 0) is 37.0 Å². The van der Waals surface area contributed by atoms with E-state index in [1.807, 2.05) is 18.2 Å². The second-order valence-corrected chi connectivity index (χ2v) is 5.56. The van der Waals surface area contributed by atoms with Crippen LogP contribution >= 0.6 is 0 Å². The monoisotopic (exact) mass is 305 g/mol. The molecule has 2 heterocycles. The Labute approximate surface area is 128 Å². The molecular weight excluding hydrogens is 286 g/mol. The molecule has 0 unspecified atom stereocenters. The fraction of sp³-hybridized carbons (Fsp3) is 0.500. The standard InChI is InChI=1S/C16H19NO5/c18-15(17-7-1-2-12(17)16(19)20)6-4-11-3-5-13-14(10-11)22-9-8-21-13/h3,5,10,12H,1-2,4,6-9H2,(H,19,20)/t12-/m1/s1. The molecule has 22 heavy (non-hydrogen) atoms. The average molecular weight is 305 g/mol. The van der Waals surface area contributed by atoms with E-state index in [1.54, 1.807) is 0 Å². The zero-order chi connectivity index (χ0) is 15.5. The van der Waals surface area contributed by atoms with Gasteiger partial charge in [0, 0.05) is 13.0 Å². The molecule has 1 aromatic carbocycles. The van der Waals surface area contributed by atoms with E-state index in [9.17, 15) is 9.59 Å². The zero-order valence-electron chi connectivity index (χ0n) is 12.3. The van der Waals surface area contributed by atoms with E-state index >= 15 is 0 Å². The lowest BCUT2D eigenvalue weighted by atomic mass is 10.1. The second kappa shape index (κ2) is 6.25. The molecule has 1 atom stereocenters. The largest absolute Gasteiger partial charge is 0.486 e. The van der Waals surface area contributed by atoms with Crippen LogP contribution in [0.3, 0.4) is 0 Å². The second-order valence-electron chi connectivity index (χ2n) is 5.56. The smallest absolute Gasteiger partial charge is 0.326 e. The first-order valence-corrected chi connectivity index (χ1v) is 7.56. The molecule has 118 valence electrons. The van der Waals surface area contributed by atoms with Crippen LogP contribution in [0.1, 0.15) is 24.8 Å². The van der Waals surface area contributed by atoms with Crippen molar-refractivity contribution in [3.63, 3.8) is 0 Å². The quantitative estimate of drug-likeness (QED) is 0.911. The summed E-state index contributed by atoms with van der Waals surface area (Å²) in [5.74, 6) is 0.428. The third-order valence-corrected chi connectivity index (χ3v) is 4.09. The number of carboxylic acids is 1. The minimum atomic E-state index is -0.912. The van der Waals surface area contributed by atoms with Gasteiger partial charge in [0.15, 0.2) is 11.5 Å². The van der Waals surface area contributed by atoms with Gasteiger partial charge in [0.1, 0.15) is 19.3 Å². The lowest BCUT2D eigenvalue weighted by molar-refractivity contribution is -0.148. The lowest BCUT2D eigenvalue weighted by Crippen LogP contribution is -2.40. The van der Waals surface area contributed by atoms with Crippen LogP contribution in [0.25, 0.3) is 0 Å². The number of hydrogen-bond acceptors (Lipinski definition) is 4. The number of nitrogens with zero attached hydrogens (tertiary/aromatic N) is 1. The molecule has 2 aliphatic heterocycles. The molecule has 1 aromatic rings. The van der Waals surface area contributed by atoms with Crippen LogP contribution < -0.4 is 9.47 Å². The molecular formula is C16H19NO5. The van der Waals surface area contributed by atoms with Crippen molar-refractivity contribution in [3.05, 3.63) is 23.8 Å². The minimum absolute atomic E-state index is 0.0974. The molecule has 3 rings (SSSR count). The van der Waals surface area contributed by atoms with E-state index in [4.69, 9.17) is 14.6 Å². The highest BCUT2D eigenvalue weighted by Gasteiger charge is 2.33. The molecule has 0 bridgehead atoms. The molecule has 0 aromatic heterocycles. The minimum Gasteiger partial charge on any atom is -0.486 e. The first-order valence-electron chi connectivity index (χ1n) is 7.56. The molecule has 0 aliphatic carbocycles. The summed E-state index contributed by atoms with van der Waals surface area (Å²) in [6, 6.07) is 5.00. The maximum absolute atomic E-state index is 12.2. The van der Waals surface area contributed by atoms with E-state index in [2.05, 4.69) is 0 Å². The van der Waals surface area contributed by atoms with Crippen LogP contribution in [0.4, 0.5) is 0 Å². The molecule has 1 fully saturated rings. The van der Waals surface area contributed by atoms with Crippen LogP contribution in [0.2, 0.25) is 0 Å². The number of ether oxygens (including phenoxy) is 2. The molecule has 0 spiro atoms. The van der Waals surface area contributed by atoms with E-state index in [0.29, 0.717) is 44.8 Å². The van der Waals surface area contributed by atoms with Crippen LogP contribution in [0.5, 0.6) is 11.5 Å². The summed E-state index contributed by atoms with van der Waals surface area (Å²) in [6.45, 7) is 1.62. The third-order valence-electron chi connectivity index (χ3n) is 4.09. The molecule has 0 radical (unpaired) electrons. The van der Waals surface area contributed by atoms with Crippen molar-refractivity contribution in [1.82, 2.24) is 4.90 Å². The van der Waals surface area contributed by atoms with Gasteiger partial charge in [0.2, 0.25) is 5.91 Å². The number of benzene rings is 1. The number of likely N-dealkylation sites (tertiary alicyclic amines) is 1. The van der Waals surface area contributed by atoms with Gasteiger partial charge in [-0.25, -0.2) is 4.79 Å². The number of carboxylic acid groups (broad SMARTS) is 1. The van der Waals surface area contributed by atoms with Crippen LogP contribution in [-0.2, 0) is 16.0 Å². The van der Waals surface area contributed by atoms with Gasteiger partial charge in [-0.15, -0.1) is 0 Å². The predicted molar refractivity (Wildman–Crippen MR) is 78.1 cm³/mol. The van der Waals surface area contributed by atoms with Crippen LogP contribution in [0, 0.1) is 0 Å². The average Bonchev–Trinajstić information content (AvgIpc) is 3.02. The molecule has 6 heteroatoms. The molecule has 1 amide bonds.